The van der Waals surface area contributed by atoms with Crippen molar-refractivity contribution in [2.45, 2.75) is 19.4 Å². The molecular formula is C22H26N4O2. The first kappa shape index (κ1) is 18.7. The number of amides is 1. The van der Waals surface area contributed by atoms with E-state index in [1.165, 1.54) is 5.56 Å². The molecule has 6 nitrogen and oxygen atoms in total. The number of benzene rings is 2. The lowest BCUT2D eigenvalue weighted by Gasteiger charge is -2.16. The van der Waals surface area contributed by atoms with Crippen LogP contribution in [-0.4, -0.2) is 59.8 Å². The molecule has 4 rings (SSSR count). The molecule has 0 saturated carbocycles. The minimum Gasteiger partial charge on any atom is -0.383 e. The van der Waals surface area contributed by atoms with Crippen molar-refractivity contribution in [1.82, 2.24) is 19.8 Å². The second kappa shape index (κ2) is 8.12. The average Bonchev–Trinajstić information content (AvgIpc) is 3.32. The Bertz CT molecular complexity index is 982. The molecule has 1 saturated heterocycles. The number of aromatic nitrogens is 2. The van der Waals surface area contributed by atoms with Crippen LogP contribution in [0.25, 0.3) is 16.7 Å². The fourth-order valence-electron chi connectivity index (χ4n) is 3.78. The molecule has 1 N–H and O–H groups in total. The number of rotatable bonds is 6. The lowest BCUT2D eigenvalue weighted by atomic mass is 10.1. The summed E-state index contributed by atoms with van der Waals surface area (Å²) in [5.41, 5.74) is 4.74. The Kier molecular flexibility index (Phi) is 5.41. The van der Waals surface area contributed by atoms with Crippen LogP contribution in [0.2, 0.25) is 0 Å². The molecule has 0 aliphatic carbocycles. The Balaban J connectivity index is 1.47. The zero-order valence-electron chi connectivity index (χ0n) is 16.4. The fraction of sp³-hybridized carbons (Fsp3) is 0.364. The van der Waals surface area contributed by atoms with Crippen LogP contribution in [-0.2, 0) is 4.74 Å². The molecule has 1 unspecified atom stereocenters. The van der Waals surface area contributed by atoms with Crippen LogP contribution in [0, 0.1) is 6.92 Å². The third-order valence-electron chi connectivity index (χ3n) is 5.31. The number of aryl methyl sites for hydroxylation is 1. The van der Waals surface area contributed by atoms with Gasteiger partial charge in [-0.3, -0.25) is 14.3 Å². The monoisotopic (exact) mass is 378 g/mol. The SMILES string of the molecule is COCCN1CCC(NC(=O)c2ccc3c(c2)ncn3-c2cccc(C)c2)C1. The number of ether oxygens (including phenoxy) is 1. The standard InChI is InChI=1S/C22H26N4O2/c1-16-4-3-5-19(12-16)26-15-23-20-13-17(6-7-21(20)26)22(27)24-18-8-9-25(14-18)10-11-28-2/h3-7,12-13,15,18H,8-11,14H2,1-2H3,(H,24,27). The minimum atomic E-state index is -0.0365. The molecule has 1 atom stereocenters. The number of hydrogen-bond donors (Lipinski definition) is 1. The van der Waals surface area contributed by atoms with Crippen molar-refractivity contribution in [3.8, 4) is 5.69 Å². The van der Waals surface area contributed by atoms with Gasteiger partial charge in [-0.1, -0.05) is 12.1 Å². The lowest BCUT2D eigenvalue weighted by Crippen LogP contribution is -2.37. The normalized spacial score (nSPS) is 17.3. The van der Waals surface area contributed by atoms with E-state index in [1.54, 1.807) is 7.11 Å². The van der Waals surface area contributed by atoms with Gasteiger partial charge in [0.1, 0.15) is 6.33 Å². The molecular weight excluding hydrogens is 352 g/mol. The second-order valence-corrected chi connectivity index (χ2v) is 7.41. The van der Waals surface area contributed by atoms with Crippen LogP contribution in [0.5, 0.6) is 0 Å². The quantitative estimate of drug-likeness (QED) is 0.717. The summed E-state index contributed by atoms with van der Waals surface area (Å²) >= 11 is 0. The van der Waals surface area contributed by atoms with E-state index in [0.717, 1.165) is 49.4 Å². The smallest absolute Gasteiger partial charge is 0.251 e. The largest absolute Gasteiger partial charge is 0.383 e. The number of likely N-dealkylation sites (tertiary alicyclic amines) is 1. The summed E-state index contributed by atoms with van der Waals surface area (Å²) in [6, 6.07) is 14.2. The van der Waals surface area contributed by atoms with Crippen molar-refractivity contribution in [3.05, 3.63) is 59.9 Å². The summed E-state index contributed by atoms with van der Waals surface area (Å²) in [4.78, 5) is 19.5. The Labute approximate surface area is 165 Å². The van der Waals surface area contributed by atoms with E-state index < -0.39 is 0 Å². The van der Waals surface area contributed by atoms with Crippen molar-refractivity contribution in [3.63, 3.8) is 0 Å². The Morgan fingerprint density at radius 2 is 2.18 bits per heavy atom. The topological polar surface area (TPSA) is 59.4 Å². The fourth-order valence-corrected chi connectivity index (χ4v) is 3.78. The van der Waals surface area contributed by atoms with E-state index in [-0.39, 0.29) is 11.9 Å². The highest BCUT2D eigenvalue weighted by atomic mass is 16.5. The van der Waals surface area contributed by atoms with E-state index in [2.05, 4.69) is 44.9 Å². The number of hydrogen-bond acceptors (Lipinski definition) is 4. The number of fused-ring (bicyclic) bond motifs is 1. The van der Waals surface area contributed by atoms with Gasteiger partial charge in [0.25, 0.3) is 5.91 Å². The molecule has 3 aromatic rings. The van der Waals surface area contributed by atoms with Crippen LogP contribution in [0.3, 0.4) is 0 Å². The van der Waals surface area contributed by atoms with Crippen LogP contribution >= 0.6 is 0 Å². The first-order chi connectivity index (χ1) is 13.6. The van der Waals surface area contributed by atoms with Gasteiger partial charge < -0.3 is 10.1 Å². The third kappa shape index (κ3) is 3.93. The van der Waals surface area contributed by atoms with Gasteiger partial charge in [-0.15, -0.1) is 0 Å². The molecule has 0 radical (unpaired) electrons. The molecule has 6 heteroatoms. The molecule has 2 heterocycles. The molecule has 1 aliphatic heterocycles. The van der Waals surface area contributed by atoms with Crippen molar-refractivity contribution in [1.29, 1.82) is 0 Å². The van der Waals surface area contributed by atoms with E-state index in [9.17, 15) is 4.79 Å². The van der Waals surface area contributed by atoms with Crippen LogP contribution in [0.4, 0.5) is 0 Å². The van der Waals surface area contributed by atoms with Crippen LogP contribution in [0.1, 0.15) is 22.3 Å². The summed E-state index contributed by atoms with van der Waals surface area (Å²) in [6.07, 6.45) is 2.78. The summed E-state index contributed by atoms with van der Waals surface area (Å²) in [5.74, 6) is -0.0365. The first-order valence-corrected chi connectivity index (χ1v) is 9.70. The Morgan fingerprint density at radius 3 is 3.00 bits per heavy atom. The Hall–Kier alpha value is -2.70. The maximum absolute atomic E-state index is 12.7. The predicted octanol–water partition coefficient (Wildman–Crippen LogP) is 2.78. The highest BCUT2D eigenvalue weighted by molar-refractivity contribution is 5.97. The molecule has 28 heavy (non-hydrogen) atoms. The number of nitrogens with one attached hydrogen (secondary N) is 1. The van der Waals surface area contributed by atoms with Crippen LogP contribution in [0.15, 0.2) is 48.8 Å². The molecule has 1 aliphatic rings. The van der Waals surface area contributed by atoms with Gasteiger partial charge in [-0.25, -0.2) is 4.98 Å². The van der Waals surface area contributed by atoms with Gasteiger partial charge >= 0.3 is 0 Å². The molecule has 1 fully saturated rings. The van der Waals surface area contributed by atoms with E-state index in [0.29, 0.717) is 5.56 Å². The number of nitrogens with zero attached hydrogens (tertiary/aromatic N) is 3. The van der Waals surface area contributed by atoms with Gasteiger partial charge in [0, 0.05) is 44.0 Å². The van der Waals surface area contributed by atoms with Crippen LogP contribution < -0.4 is 5.32 Å². The molecule has 0 spiro atoms. The van der Waals surface area contributed by atoms with Gasteiger partial charge in [-0.2, -0.15) is 0 Å². The molecule has 146 valence electrons. The molecule has 0 bridgehead atoms. The summed E-state index contributed by atoms with van der Waals surface area (Å²) in [6.45, 7) is 5.57. The average molecular weight is 378 g/mol. The van der Waals surface area contributed by atoms with Crippen molar-refractivity contribution in [2.24, 2.45) is 0 Å². The Morgan fingerprint density at radius 1 is 1.29 bits per heavy atom. The zero-order chi connectivity index (χ0) is 19.5. The number of imidazole rings is 1. The van der Waals surface area contributed by atoms with Crippen molar-refractivity contribution < 1.29 is 9.53 Å². The minimum absolute atomic E-state index is 0.0365. The maximum atomic E-state index is 12.7. The highest BCUT2D eigenvalue weighted by Crippen LogP contribution is 2.20. The molecule has 1 aromatic heterocycles. The van der Waals surface area contributed by atoms with Gasteiger partial charge in [0.15, 0.2) is 0 Å². The summed E-state index contributed by atoms with van der Waals surface area (Å²) in [5, 5.41) is 3.16. The maximum Gasteiger partial charge on any atom is 0.251 e. The zero-order valence-corrected chi connectivity index (χ0v) is 16.4. The van der Waals surface area contributed by atoms with E-state index >= 15 is 0 Å². The highest BCUT2D eigenvalue weighted by Gasteiger charge is 2.24. The lowest BCUT2D eigenvalue weighted by molar-refractivity contribution is 0.0936. The third-order valence-corrected chi connectivity index (χ3v) is 5.31. The van der Waals surface area contributed by atoms with E-state index in [4.69, 9.17) is 4.74 Å². The van der Waals surface area contributed by atoms with Crippen molar-refractivity contribution in [2.75, 3.05) is 33.4 Å². The predicted molar refractivity (Wildman–Crippen MR) is 110 cm³/mol. The summed E-state index contributed by atoms with van der Waals surface area (Å²) < 4.78 is 7.18. The molecule has 1 amide bonds. The van der Waals surface area contributed by atoms with Gasteiger partial charge in [0.05, 0.1) is 17.6 Å². The van der Waals surface area contributed by atoms with Gasteiger partial charge in [0.2, 0.25) is 0 Å². The molecule has 2 aromatic carbocycles. The van der Waals surface area contributed by atoms with E-state index in [1.807, 2.05) is 30.6 Å². The summed E-state index contributed by atoms with van der Waals surface area (Å²) in [7, 11) is 1.71. The number of carbonyl (C=O) groups excluding carboxylic acids is 1. The second-order valence-electron chi connectivity index (χ2n) is 7.41. The van der Waals surface area contributed by atoms with Crippen molar-refractivity contribution >= 4 is 16.9 Å². The first-order valence-electron chi connectivity index (χ1n) is 9.70. The van der Waals surface area contributed by atoms with Gasteiger partial charge in [-0.05, 0) is 49.2 Å². The number of carbonyl (C=O) groups is 1. The number of methoxy groups -OCH3 is 1.